The third-order valence-corrected chi connectivity index (χ3v) is 3.22. The van der Waals surface area contributed by atoms with Gasteiger partial charge >= 0.3 is 0 Å². The van der Waals surface area contributed by atoms with Gasteiger partial charge in [0.15, 0.2) is 0 Å². The average molecular weight is 237 g/mol. The molecule has 94 valence electrons. The maximum atomic E-state index is 11.8. The van der Waals surface area contributed by atoms with Crippen LogP contribution in [0, 0.1) is 13.8 Å². The standard InChI is InChI=1S/C12H19N3O2/c1-9-11(10(2)17-14-9)7-13-8-12(16)15-5-3-4-6-15/h13H,3-8H2,1-2H3. The number of hydrogen-bond donors (Lipinski definition) is 1. The van der Waals surface area contributed by atoms with Gasteiger partial charge in [-0.15, -0.1) is 0 Å². The Morgan fingerprint density at radius 1 is 1.41 bits per heavy atom. The van der Waals surface area contributed by atoms with E-state index in [4.69, 9.17) is 4.52 Å². The Hall–Kier alpha value is -1.36. The van der Waals surface area contributed by atoms with Crippen molar-refractivity contribution >= 4 is 5.91 Å². The summed E-state index contributed by atoms with van der Waals surface area (Å²) < 4.78 is 5.07. The van der Waals surface area contributed by atoms with Crippen molar-refractivity contribution in [3.8, 4) is 0 Å². The third kappa shape index (κ3) is 2.85. The van der Waals surface area contributed by atoms with Crippen molar-refractivity contribution < 1.29 is 9.32 Å². The maximum absolute atomic E-state index is 11.8. The molecular weight excluding hydrogens is 218 g/mol. The first-order valence-corrected chi connectivity index (χ1v) is 6.08. The smallest absolute Gasteiger partial charge is 0.236 e. The Bertz CT molecular complexity index is 375. The van der Waals surface area contributed by atoms with Crippen LogP contribution < -0.4 is 5.32 Å². The van der Waals surface area contributed by atoms with E-state index in [0.29, 0.717) is 13.1 Å². The lowest BCUT2D eigenvalue weighted by molar-refractivity contribution is -0.129. The second kappa shape index (κ2) is 5.31. The molecule has 1 aromatic rings. The van der Waals surface area contributed by atoms with Crippen LogP contribution in [0.5, 0.6) is 0 Å². The first kappa shape index (κ1) is 12.1. The first-order chi connectivity index (χ1) is 8.18. The van der Waals surface area contributed by atoms with Crippen LogP contribution in [0.15, 0.2) is 4.52 Å². The molecule has 0 aromatic carbocycles. The molecule has 1 saturated heterocycles. The molecule has 0 aliphatic carbocycles. The van der Waals surface area contributed by atoms with Gasteiger partial charge in [-0.2, -0.15) is 0 Å². The van der Waals surface area contributed by atoms with E-state index in [9.17, 15) is 4.79 Å². The van der Waals surface area contributed by atoms with Gasteiger partial charge in [-0.1, -0.05) is 5.16 Å². The fourth-order valence-electron chi connectivity index (χ4n) is 2.13. The van der Waals surface area contributed by atoms with Crippen LogP contribution in [0.2, 0.25) is 0 Å². The Kier molecular flexibility index (Phi) is 3.78. The molecule has 1 aromatic heterocycles. The quantitative estimate of drug-likeness (QED) is 0.849. The molecule has 2 heterocycles. The number of amides is 1. The molecule has 0 atom stereocenters. The number of aryl methyl sites for hydroxylation is 2. The number of rotatable bonds is 4. The molecule has 1 N–H and O–H groups in total. The molecule has 0 saturated carbocycles. The lowest BCUT2D eigenvalue weighted by Gasteiger charge is -2.15. The predicted molar refractivity (Wildman–Crippen MR) is 63.5 cm³/mol. The molecule has 5 heteroatoms. The van der Waals surface area contributed by atoms with Crippen LogP contribution in [0.3, 0.4) is 0 Å². The summed E-state index contributed by atoms with van der Waals surface area (Å²) in [5.74, 6) is 1.01. The number of aromatic nitrogens is 1. The van der Waals surface area contributed by atoms with E-state index in [-0.39, 0.29) is 5.91 Å². The molecule has 1 aliphatic rings. The summed E-state index contributed by atoms with van der Waals surface area (Å²) in [4.78, 5) is 13.7. The van der Waals surface area contributed by atoms with Crippen molar-refractivity contribution in [2.75, 3.05) is 19.6 Å². The van der Waals surface area contributed by atoms with E-state index in [0.717, 1.165) is 42.9 Å². The van der Waals surface area contributed by atoms with E-state index < -0.39 is 0 Å². The molecule has 0 unspecified atom stereocenters. The van der Waals surface area contributed by atoms with Crippen molar-refractivity contribution in [3.05, 3.63) is 17.0 Å². The second-order valence-electron chi connectivity index (χ2n) is 4.49. The van der Waals surface area contributed by atoms with Crippen LogP contribution in [-0.2, 0) is 11.3 Å². The molecular formula is C12H19N3O2. The zero-order chi connectivity index (χ0) is 12.3. The minimum absolute atomic E-state index is 0.189. The minimum atomic E-state index is 0.189. The second-order valence-corrected chi connectivity index (χ2v) is 4.49. The van der Waals surface area contributed by atoms with Gasteiger partial charge in [-0.3, -0.25) is 4.79 Å². The van der Waals surface area contributed by atoms with Gasteiger partial charge in [-0.05, 0) is 26.7 Å². The summed E-state index contributed by atoms with van der Waals surface area (Å²) >= 11 is 0. The van der Waals surface area contributed by atoms with Crippen molar-refractivity contribution in [3.63, 3.8) is 0 Å². The van der Waals surface area contributed by atoms with Gasteiger partial charge in [0.25, 0.3) is 0 Å². The fraction of sp³-hybridized carbons (Fsp3) is 0.667. The van der Waals surface area contributed by atoms with Crippen LogP contribution >= 0.6 is 0 Å². The summed E-state index contributed by atoms with van der Waals surface area (Å²) in [5, 5.41) is 7.04. The summed E-state index contributed by atoms with van der Waals surface area (Å²) in [6, 6.07) is 0. The highest BCUT2D eigenvalue weighted by molar-refractivity contribution is 5.78. The number of hydrogen-bond acceptors (Lipinski definition) is 4. The zero-order valence-electron chi connectivity index (χ0n) is 10.5. The van der Waals surface area contributed by atoms with Crippen molar-refractivity contribution in [1.82, 2.24) is 15.4 Å². The average Bonchev–Trinajstić information content (AvgIpc) is 2.93. The summed E-state index contributed by atoms with van der Waals surface area (Å²) in [7, 11) is 0. The van der Waals surface area contributed by atoms with Crippen LogP contribution in [-0.4, -0.2) is 35.6 Å². The predicted octanol–water partition coefficient (Wildman–Crippen LogP) is 1.00. The molecule has 1 aliphatic heterocycles. The number of nitrogens with one attached hydrogen (secondary N) is 1. The van der Waals surface area contributed by atoms with Gasteiger partial charge in [0.1, 0.15) is 5.76 Å². The highest BCUT2D eigenvalue weighted by Gasteiger charge is 2.17. The van der Waals surface area contributed by atoms with E-state index in [1.165, 1.54) is 0 Å². The van der Waals surface area contributed by atoms with Crippen LogP contribution in [0.1, 0.15) is 29.9 Å². The largest absolute Gasteiger partial charge is 0.361 e. The van der Waals surface area contributed by atoms with Crippen LogP contribution in [0.25, 0.3) is 0 Å². The Labute approximate surface area is 101 Å². The number of carbonyl (C=O) groups is 1. The van der Waals surface area contributed by atoms with Gasteiger partial charge in [0.2, 0.25) is 5.91 Å². The Morgan fingerprint density at radius 3 is 2.71 bits per heavy atom. The molecule has 2 rings (SSSR count). The number of likely N-dealkylation sites (tertiary alicyclic amines) is 1. The Morgan fingerprint density at radius 2 is 2.12 bits per heavy atom. The highest BCUT2D eigenvalue weighted by Crippen LogP contribution is 2.11. The van der Waals surface area contributed by atoms with Crippen molar-refractivity contribution in [1.29, 1.82) is 0 Å². The van der Waals surface area contributed by atoms with E-state index >= 15 is 0 Å². The van der Waals surface area contributed by atoms with Crippen LogP contribution in [0.4, 0.5) is 0 Å². The summed E-state index contributed by atoms with van der Waals surface area (Å²) in [6.45, 7) is 6.65. The molecule has 0 radical (unpaired) electrons. The molecule has 0 spiro atoms. The summed E-state index contributed by atoms with van der Waals surface area (Å²) in [5.41, 5.74) is 1.95. The normalized spacial score (nSPS) is 15.5. The highest BCUT2D eigenvalue weighted by atomic mass is 16.5. The topological polar surface area (TPSA) is 58.4 Å². The van der Waals surface area contributed by atoms with Gasteiger partial charge < -0.3 is 14.7 Å². The van der Waals surface area contributed by atoms with E-state index in [1.807, 2.05) is 18.7 Å². The summed E-state index contributed by atoms with van der Waals surface area (Å²) in [6.07, 6.45) is 2.27. The monoisotopic (exact) mass is 237 g/mol. The molecule has 1 fully saturated rings. The fourth-order valence-corrected chi connectivity index (χ4v) is 2.13. The molecule has 5 nitrogen and oxygen atoms in total. The molecule has 1 amide bonds. The van der Waals surface area contributed by atoms with Crippen molar-refractivity contribution in [2.24, 2.45) is 0 Å². The van der Waals surface area contributed by atoms with E-state index in [2.05, 4.69) is 10.5 Å². The van der Waals surface area contributed by atoms with Crippen molar-refractivity contribution in [2.45, 2.75) is 33.2 Å². The van der Waals surface area contributed by atoms with E-state index in [1.54, 1.807) is 0 Å². The number of nitrogens with zero attached hydrogens (tertiary/aromatic N) is 2. The lowest BCUT2D eigenvalue weighted by Crippen LogP contribution is -2.36. The Balaban J connectivity index is 1.77. The zero-order valence-corrected chi connectivity index (χ0v) is 10.5. The number of carbonyl (C=O) groups excluding carboxylic acids is 1. The minimum Gasteiger partial charge on any atom is -0.361 e. The first-order valence-electron chi connectivity index (χ1n) is 6.08. The van der Waals surface area contributed by atoms with Gasteiger partial charge in [-0.25, -0.2) is 0 Å². The van der Waals surface area contributed by atoms with Gasteiger partial charge in [0.05, 0.1) is 12.2 Å². The SMILES string of the molecule is Cc1noc(C)c1CNCC(=O)N1CCCC1. The molecule has 0 bridgehead atoms. The van der Waals surface area contributed by atoms with Gasteiger partial charge in [0, 0.05) is 25.2 Å². The maximum Gasteiger partial charge on any atom is 0.236 e. The molecule has 17 heavy (non-hydrogen) atoms. The lowest BCUT2D eigenvalue weighted by atomic mass is 10.2. The third-order valence-electron chi connectivity index (χ3n) is 3.22.